The minimum atomic E-state index is -0.156. The molecule has 0 spiro atoms. The maximum Gasteiger partial charge on any atom is 0.347 e. The SMILES string of the molecule is Cc1cc(C)n(CCN[C@H](C)CCc2ccccc2)c(=O)n1. The summed E-state index contributed by atoms with van der Waals surface area (Å²) in [6, 6.07) is 12.9. The Morgan fingerprint density at radius 2 is 1.95 bits per heavy atom. The highest BCUT2D eigenvalue weighted by molar-refractivity contribution is 5.14. The van der Waals surface area contributed by atoms with E-state index in [-0.39, 0.29) is 5.69 Å². The molecule has 0 saturated heterocycles. The fraction of sp³-hybridized carbons (Fsp3) is 0.444. The van der Waals surface area contributed by atoms with Crippen molar-refractivity contribution in [1.82, 2.24) is 14.9 Å². The highest BCUT2D eigenvalue weighted by Crippen LogP contribution is 2.04. The first-order valence-electron chi connectivity index (χ1n) is 7.88. The molecule has 1 aromatic heterocycles. The van der Waals surface area contributed by atoms with Gasteiger partial charge < -0.3 is 5.32 Å². The second kappa shape index (κ2) is 7.90. The first-order valence-corrected chi connectivity index (χ1v) is 7.88. The van der Waals surface area contributed by atoms with Crippen LogP contribution in [0.2, 0.25) is 0 Å². The van der Waals surface area contributed by atoms with Gasteiger partial charge in [-0.25, -0.2) is 4.79 Å². The van der Waals surface area contributed by atoms with Gasteiger partial charge in [0.2, 0.25) is 0 Å². The van der Waals surface area contributed by atoms with E-state index in [0.717, 1.165) is 30.8 Å². The summed E-state index contributed by atoms with van der Waals surface area (Å²) in [7, 11) is 0. The summed E-state index contributed by atoms with van der Waals surface area (Å²) in [5.74, 6) is 0. The molecule has 2 rings (SSSR count). The molecule has 4 heteroatoms. The Kier molecular flexibility index (Phi) is 5.90. The van der Waals surface area contributed by atoms with Crippen LogP contribution in [0.4, 0.5) is 0 Å². The third-order valence-corrected chi connectivity index (χ3v) is 3.88. The molecule has 1 atom stereocenters. The van der Waals surface area contributed by atoms with Crippen molar-refractivity contribution in [2.45, 2.75) is 46.2 Å². The molecule has 1 heterocycles. The van der Waals surface area contributed by atoms with Crippen molar-refractivity contribution < 1.29 is 0 Å². The van der Waals surface area contributed by atoms with Gasteiger partial charge in [-0.15, -0.1) is 0 Å². The minimum absolute atomic E-state index is 0.156. The molecule has 0 amide bonds. The van der Waals surface area contributed by atoms with Gasteiger partial charge in [0.1, 0.15) is 0 Å². The van der Waals surface area contributed by atoms with E-state index >= 15 is 0 Å². The minimum Gasteiger partial charge on any atom is -0.312 e. The van der Waals surface area contributed by atoms with E-state index in [1.165, 1.54) is 5.56 Å². The molecule has 0 saturated carbocycles. The lowest BCUT2D eigenvalue weighted by Gasteiger charge is -2.15. The monoisotopic (exact) mass is 299 g/mol. The van der Waals surface area contributed by atoms with Crippen molar-refractivity contribution in [2.75, 3.05) is 6.54 Å². The van der Waals surface area contributed by atoms with Crippen LogP contribution >= 0.6 is 0 Å². The molecule has 0 bridgehead atoms. The molecule has 4 nitrogen and oxygen atoms in total. The Morgan fingerprint density at radius 3 is 2.64 bits per heavy atom. The van der Waals surface area contributed by atoms with Crippen molar-refractivity contribution in [3.05, 3.63) is 63.8 Å². The quantitative estimate of drug-likeness (QED) is 0.854. The summed E-state index contributed by atoms with van der Waals surface area (Å²) in [6.07, 6.45) is 2.16. The van der Waals surface area contributed by atoms with Gasteiger partial charge in [-0.05, 0) is 45.2 Å². The first-order chi connectivity index (χ1) is 10.6. The van der Waals surface area contributed by atoms with E-state index in [2.05, 4.69) is 41.5 Å². The zero-order valence-electron chi connectivity index (χ0n) is 13.7. The van der Waals surface area contributed by atoms with E-state index in [4.69, 9.17) is 0 Å². The van der Waals surface area contributed by atoms with Gasteiger partial charge in [0.15, 0.2) is 0 Å². The Bertz CT molecular complexity index is 649. The summed E-state index contributed by atoms with van der Waals surface area (Å²) in [5.41, 5.74) is 2.96. The zero-order chi connectivity index (χ0) is 15.9. The van der Waals surface area contributed by atoms with Gasteiger partial charge in [0.05, 0.1) is 0 Å². The van der Waals surface area contributed by atoms with Crippen LogP contribution in [0.25, 0.3) is 0 Å². The summed E-state index contributed by atoms with van der Waals surface area (Å²) < 4.78 is 1.73. The molecule has 0 aliphatic carbocycles. The van der Waals surface area contributed by atoms with E-state index in [0.29, 0.717) is 12.6 Å². The summed E-state index contributed by atoms with van der Waals surface area (Å²) in [5, 5.41) is 3.48. The molecule has 0 aliphatic heterocycles. The molecular weight excluding hydrogens is 274 g/mol. The maximum atomic E-state index is 11.9. The number of aryl methyl sites for hydroxylation is 3. The van der Waals surface area contributed by atoms with E-state index in [1.54, 1.807) is 4.57 Å². The molecule has 0 fully saturated rings. The molecule has 1 N–H and O–H groups in total. The second-order valence-electron chi connectivity index (χ2n) is 5.85. The van der Waals surface area contributed by atoms with Gasteiger partial charge in [0, 0.05) is 30.5 Å². The van der Waals surface area contributed by atoms with Crippen molar-refractivity contribution in [1.29, 1.82) is 0 Å². The molecule has 2 aromatic rings. The Labute approximate surface area is 132 Å². The van der Waals surface area contributed by atoms with Crippen LogP contribution in [0.3, 0.4) is 0 Å². The lowest BCUT2D eigenvalue weighted by atomic mass is 10.1. The smallest absolute Gasteiger partial charge is 0.312 e. The first kappa shape index (κ1) is 16.4. The molecule has 118 valence electrons. The number of aromatic nitrogens is 2. The Balaban J connectivity index is 1.78. The predicted molar refractivity (Wildman–Crippen MR) is 90.2 cm³/mol. The Hall–Kier alpha value is -1.94. The average molecular weight is 299 g/mol. The fourth-order valence-electron chi connectivity index (χ4n) is 2.60. The van der Waals surface area contributed by atoms with Crippen molar-refractivity contribution in [3.8, 4) is 0 Å². The van der Waals surface area contributed by atoms with Gasteiger partial charge >= 0.3 is 5.69 Å². The van der Waals surface area contributed by atoms with Crippen molar-refractivity contribution >= 4 is 0 Å². The summed E-state index contributed by atoms with van der Waals surface area (Å²) in [6.45, 7) is 7.43. The highest BCUT2D eigenvalue weighted by Gasteiger charge is 2.05. The molecule has 0 aliphatic rings. The van der Waals surface area contributed by atoms with Gasteiger partial charge in [-0.2, -0.15) is 4.98 Å². The lowest BCUT2D eigenvalue weighted by molar-refractivity contribution is 0.480. The third-order valence-electron chi connectivity index (χ3n) is 3.88. The van der Waals surface area contributed by atoms with E-state index < -0.39 is 0 Å². The molecule has 0 radical (unpaired) electrons. The zero-order valence-corrected chi connectivity index (χ0v) is 13.7. The number of hydrogen-bond acceptors (Lipinski definition) is 3. The molecular formula is C18H25N3O. The second-order valence-corrected chi connectivity index (χ2v) is 5.85. The van der Waals surface area contributed by atoms with Gasteiger partial charge in [-0.3, -0.25) is 4.57 Å². The maximum absolute atomic E-state index is 11.9. The van der Waals surface area contributed by atoms with Crippen LogP contribution in [0, 0.1) is 13.8 Å². The lowest BCUT2D eigenvalue weighted by Crippen LogP contribution is -2.34. The van der Waals surface area contributed by atoms with Crippen LogP contribution in [-0.4, -0.2) is 22.1 Å². The number of rotatable bonds is 7. The average Bonchev–Trinajstić information content (AvgIpc) is 2.49. The standard InChI is InChI=1S/C18H25N3O/c1-14(9-10-17-7-5-4-6-8-17)19-11-12-21-16(3)13-15(2)20-18(21)22/h4-8,13-14,19H,9-12H2,1-3H3/t14-/m1/s1. The summed E-state index contributed by atoms with van der Waals surface area (Å²) in [4.78, 5) is 15.9. The van der Waals surface area contributed by atoms with Gasteiger partial charge in [0.25, 0.3) is 0 Å². The van der Waals surface area contributed by atoms with Gasteiger partial charge in [-0.1, -0.05) is 30.3 Å². The molecule has 22 heavy (non-hydrogen) atoms. The fourth-order valence-corrected chi connectivity index (χ4v) is 2.60. The van der Waals surface area contributed by atoms with Crippen molar-refractivity contribution in [3.63, 3.8) is 0 Å². The van der Waals surface area contributed by atoms with E-state index in [1.807, 2.05) is 26.0 Å². The van der Waals surface area contributed by atoms with Crippen LogP contribution < -0.4 is 11.0 Å². The molecule has 0 unspecified atom stereocenters. The number of benzene rings is 1. The summed E-state index contributed by atoms with van der Waals surface area (Å²) >= 11 is 0. The Morgan fingerprint density at radius 1 is 1.23 bits per heavy atom. The third kappa shape index (κ3) is 4.81. The normalized spacial score (nSPS) is 12.3. The van der Waals surface area contributed by atoms with E-state index in [9.17, 15) is 4.79 Å². The number of hydrogen-bond donors (Lipinski definition) is 1. The largest absolute Gasteiger partial charge is 0.347 e. The predicted octanol–water partition coefficient (Wildman–Crippen LogP) is 2.47. The van der Waals surface area contributed by atoms with Crippen LogP contribution in [0.5, 0.6) is 0 Å². The van der Waals surface area contributed by atoms with Crippen LogP contribution in [0.15, 0.2) is 41.2 Å². The number of nitrogens with one attached hydrogen (secondary N) is 1. The number of nitrogens with zero attached hydrogens (tertiary/aromatic N) is 2. The van der Waals surface area contributed by atoms with Crippen LogP contribution in [-0.2, 0) is 13.0 Å². The topological polar surface area (TPSA) is 46.9 Å². The van der Waals surface area contributed by atoms with Crippen molar-refractivity contribution in [2.24, 2.45) is 0 Å². The molecule has 1 aromatic carbocycles. The highest BCUT2D eigenvalue weighted by atomic mass is 16.1. The van der Waals surface area contributed by atoms with Crippen LogP contribution in [0.1, 0.15) is 30.3 Å².